The fraction of sp³-hybridized carbons (Fsp3) is 0.138. The highest BCUT2D eigenvalue weighted by molar-refractivity contribution is 7.94. The fourth-order valence-electron chi connectivity index (χ4n) is 3.96. The predicted octanol–water partition coefficient (Wildman–Crippen LogP) is 5.25. The Morgan fingerprint density at radius 3 is 1.77 bits per heavy atom. The van der Waals surface area contributed by atoms with E-state index >= 15 is 0 Å². The number of anilines is 1. The lowest BCUT2D eigenvalue weighted by atomic mass is 10.1. The number of rotatable bonds is 9. The van der Waals surface area contributed by atoms with Crippen molar-refractivity contribution in [3.05, 3.63) is 103 Å². The first-order valence-electron chi connectivity index (χ1n) is 12.1. The van der Waals surface area contributed by atoms with Gasteiger partial charge < -0.3 is 20.1 Å². The van der Waals surface area contributed by atoms with E-state index in [1.165, 1.54) is 68.8 Å². The van der Waals surface area contributed by atoms with Gasteiger partial charge in [-0.15, -0.1) is 0 Å². The molecular weight excluding hydrogens is 552 g/mol. The van der Waals surface area contributed by atoms with Gasteiger partial charge >= 0.3 is 6.03 Å². The van der Waals surface area contributed by atoms with Gasteiger partial charge in [-0.2, -0.15) is 0 Å². The summed E-state index contributed by atoms with van der Waals surface area (Å²) in [7, 11) is -5.69. The first kappa shape index (κ1) is 28.7. The Balaban J connectivity index is 1.63. The van der Waals surface area contributed by atoms with Crippen LogP contribution in [0.4, 0.5) is 10.5 Å². The smallest absolute Gasteiger partial charge is 0.319 e. The van der Waals surface area contributed by atoms with Crippen LogP contribution >= 0.6 is 0 Å². The van der Waals surface area contributed by atoms with Crippen molar-refractivity contribution < 1.29 is 31.1 Å². The monoisotopic (exact) mass is 580 g/mol. The van der Waals surface area contributed by atoms with Gasteiger partial charge in [0.15, 0.2) is 0 Å². The maximum atomic E-state index is 13.7. The zero-order valence-electron chi connectivity index (χ0n) is 22.0. The zero-order chi connectivity index (χ0) is 28.9. The molecule has 9 nitrogen and oxygen atoms in total. The van der Waals surface area contributed by atoms with Crippen LogP contribution < -0.4 is 20.1 Å². The Kier molecular flexibility index (Phi) is 8.46. The number of benzene rings is 4. The summed E-state index contributed by atoms with van der Waals surface area (Å²) in [4.78, 5) is 11.4. The lowest BCUT2D eigenvalue weighted by Crippen LogP contribution is -2.31. The summed E-state index contributed by atoms with van der Waals surface area (Å²) in [5.41, 5.74) is 1.29. The van der Waals surface area contributed by atoms with Crippen LogP contribution in [-0.2, 0) is 19.7 Å². The second kappa shape index (κ2) is 11.8. The summed E-state index contributed by atoms with van der Waals surface area (Å²) in [5.74, 6) is 0.647. The van der Waals surface area contributed by atoms with Gasteiger partial charge in [-0.05, 0) is 73.2 Å². The van der Waals surface area contributed by atoms with E-state index in [9.17, 15) is 21.6 Å². The molecule has 11 heteroatoms. The lowest BCUT2D eigenvalue weighted by Gasteiger charge is -2.16. The third-order valence-electron chi connectivity index (χ3n) is 6.17. The Hall–Kier alpha value is -4.35. The van der Waals surface area contributed by atoms with Crippen molar-refractivity contribution >= 4 is 31.4 Å². The number of ether oxygens (including phenoxy) is 2. The van der Waals surface area contributed by atoms with Crippen LogP contribution in [-0.4, -0.2) is 37.1 Å². The largest absolute Gasteiger partial charge is 0.497 e. The van der Waals surface area contributed by atoms with Crippen LogP contribution in [0.5, 0.6) is 11.5 Å². The van der Waals surface area contributed by atoms with Crippen molar-refractivity contribution in [2.75, 3.05) is 19.5 Å². The Morgan fingerprint density at radius 2 is 1.20 bits per heavy atom. The number of urea groups is 1. The molecule has 1 atom stereocenters. The number of sulfone groups is 2. The minimum Gasteiger partial charge on any atom is -0.497 e. The third kappa shape index (κ3) is 6.11. The van der Waals surface area contributed by atoms with Gasteiger partial charge in [0.1, 0.15) is 11.5 Å². The molecule has 0 saturated carbocycles. The molecule has 0 aliphatic heterocycles. The third-order valence-corrected chi connectivity index (χ3v) is 9.94. The van der Waals surface area contributed by atoms with E-state index in [4.69, 9.17) is 9.47 Å². The molecule has 0 radical (unpaired) electrons. The van der Waals surface area contributed by atoms with Crippen molar-refractivity contribution in [1.82, 2.24) is 5.32 Å². The number of amides is 2. The first-order valence-corrected chi connectivity index (χ1v) is 15.1. The molecule has 0 spiro atoms. The Morgan fingerprint density at radius 1 is 0.675 bits per heavy atom. The highest BCUT2D eigenvalue weighted by Crippen LogP contribution is 2.34. The minimum atomic E-state index is -4.26. The van der Waals surface area contributed by atoms with Crippen molar-refractivity contribution in [3.8, 4) is 11.5 Å². The number of para-hydroxylation sites is 1. The molecule has 0 unspecified atom stereocenters. The van der Waals surface area contributed by atoms with E-state index in [0.29, 0.717) is 17.0 Å². The van der Waals surface area contributed by atoms with E-state index in [0.717, 1.165) is 0 Å². The van der Waals surface area contributed by atoms with Crippen LogP contribution in [0.1, 0.15) is 18.5 Å². The molecule has 0 aliphatic carbocycles. The Bertz CT molecular complexity index is 1700. The summed E-state index contributed by atoms with van der Waals surface area (Å²) in [6.45, 7) is 1.76. The van der Waals surface area contributed by atoms with Gasteiger partial charge in [-0.1, -0.05) is 30.3 Å². The quantitative estimate of drug-likeness (QED) is 0.277. The number of hydrogen-bond donors (Lipinski definition) is 2. The second-order valence-electron chi connectivity index (χ2n) is 8.75. The molecule has 0 heterocycles. The van der Waals surface area contributed by atoms with Crippen LogP contribution in [0.2, 0.25) is 0 Å². The molecule has 0 saturated heterocycles. The molecule has 0 aromatic heterocycles. The molecule has 4 aromatic carbocycles. The average molecular weight is 581 g/mol. The standard InChI is InChI=1S/C29H28N2O7S2/c1-20(30-29(32)31-22-7-5-4-6-8-22)21-9-14-25(15-10-21)39(33,34)27-18-13-24(38-3)19-28(27)40(35,36)26-16-11-23(37-2)12-17-26/h4-20H,1-3H3,(H2,30,31,32)/t20-/m0/s1. The van der Waals surface area contributed by atoms with Gasteiger partial charge in [0.25, 0.3) is 0 Å². The first-order chi connectivity index (χ1) is 19.1. The van der Waals surface area contributed by atoms with E-state index in [2.05, 4.69) is 10.6 Å². The summed E-state index contributed by atoms with van der Waals surface area (Å²) in [5, 5.41) is 5.53. The van der Waals surface area contributed by atoms with Crippen molar-refractivity contribution in [1.29, 1.82) is 0 Å². The van der Waals surface area contributed by atoms with Crippen LogP contribution in [0.25, 0.3) is 0 Å². The second-order valence-corrected chi connectivity index (χ2v) is 12.6. The molecule has 0 bridgehead atoms. The molecule has 208 valence electrons. The van der Waals surface area contributed by atoms with E-state index in [1.807, 2.05) is 6.07 Å². The molecular formula is C29H28N2O7S2. The van der Waals surface area contributed by atoms with Crippen molar-refractivity contribution in [2.45, 2.75) is 32.5 Å². The van der Waals surface area contributed by atoms with Gasteiger partial charge in [0, 0.05) is 11.8 Å². The van der Waals surface area contributed by atoms with Gasteiger partial charge in [-0.25, -0.2) is 21.6 Å². The number of hydrogen-bond acceptors (Lipinski definition) is 7. The van der Waals surface area contributed by atoms with Gasteiger partial charge in [-0.3, -0.25) is 0 Å². The van der Waals surface area contributed by atoms with Crippen molar-refractivity contribution in [3.63, 3.8) is 0 Å². The Labute approximate surface area is 233 Å². The fourth-order valence-corrected chi connectivity index (χ4v) is 7.29. The highest BCUT2D eigenvalue weighted by atomic mass is 32.2. The molecule has 0 fully saturated rings. The molecule has 2 N–H and O–H groups in total. The summed E-state index contributed by atoms with van der Waals surface area (Å²) in [6, 6.07) is 23.5. The van der Waals surface area contributed by atoms with Crippen LogP contribution in [0, 0.1) is 0 Å². The maximum Gasteiger partial charge on any atom is 0.319 e. The van der Waals surface area contributed by atoms with E-state index < -0.39 is 36.6 Å². The molecule has 4 rings (SSSR count). The maximum absolute atomic E-state index is 13.7. The van der Waals surface area contributed by atoms with E-state index in [1.54, 1.807) is 43.3 Å². The lowest BCUT2D eigenvalue weighted by molar-refractivity contribution is 0.249. The molecule has 0 aliphatic rings. The van der Waals surface area contributed by atoms with Gasteiger partial charge in [0.2, 0.25) is 19.7 Å². The topological polar surface area (TPSA) is 128 Å². The average Bonchev–Trinajstić information content (AvgIpc) is 2.97. The number of carbonyl (C=O) groups is 1. The number of carbonyl (C=O) groups excluding carboxylic acids is 1. The van der Waals surface area contributed by atoms with Crippen molar-refractivity contribution in [2.24, 2.45) is 0 Å². The summed E-state index contributed by atoms with van der Waals surface area (Å²) < 4.78 is 64.8. The molecule has 2 amide bonds. The van der Waals surface area contributed by atoms with Crippen LogP contribution in [0.15, 0.2) is 117 Å². The number of nitrogens with one attached hydrogen (secondary N) is 2. The SMILES string of the molecule is COc1ccc(S(=O)(=O)c2cc(OC)ccc2S(=O)(=O)c2ccc([C@H](C)NC(=O)Nc3ccccc3)cc2)cc1. The highest BCUT2D eigenvalue weighted by Gasteiger charge is 2.30. The van der Waals surface area contributed by atoms with E-state index in [-0.39, 0.29) is 20.4 Å². The minimum absolute atomic E-state index is 0.0953. The summed E-state index contributed by atoms with van der Waals surface area (Å²) >= 11 is 0. The van der Waals surface area contributed by atoms with Crippen LogP contribution in [0.3, 0.4) is 0 Å². The molecule has 40 heavy (non-hydrogen) atoms. The zero-order valence-corrected chi connectivity index (χ0v) is 23.6. The van der Waals surface area contributed by atoms with Gasteiger partial charge in [0.05, 0.1) is 39.8 Å². The predicted molar refractivity (Wildman–Crippen MR) is 150 cm³/mol. The molecule has 4 aromatic rings. The summed E-state index contributed by atoms with van der Waals surface area (Å²) in [6.07, 6.45) is 0. The number of methoxy groups -OCH3 is 2. The normalized spacial score (nSPS) is 12.3.